The van der Waals surface area contributed by atoms with E-state index in [2.05, 4.69) is 0 Å². The Labute approximate surface area is 124 Å². The van der Waals surface area contributed by atoms with E-state index < -0.39 is 34.7 Å². The van der Waals surface area contributed by atoms with Crippen LogP contribution in [0.2, 0.25) is 0 Å². The first kappa shape index (κ1) is 16.5. The van der Waals surface area contributed by atoms with Crippen molar-refractivity contribution in [3.63, 3.8) is 0 Å². The molecule has 0 radical (unpaired) electrons. The van der Waals surface area contributed by atoms with Gasteiger partial charge in [0.05, 0.1) is 23.2 Å². The minimum Gasteiger partial charge on any atom is -0.363 e. The van der Waals surface area contributed by atoms with Gasteiger partial charge in [-0.3, -0.25) is 10.1 Å². The predicted molar refractivity (Wildman–Crippen MR) is 71.6 cm³/mol. The minimum atomic E-state index is -3.37. The average Bonchev–Trinajstić information content (AvgIpc) is 2.46. The lowest BCUT2D eigenvalue weighted by Gasteiger charge is -2.45. The molecule has 22 heavy (non-hydrogen) atoms. The number of ether oxygens (including phenoxy) is 2. The molecule has 0 saturated carbocycles. The zero-order valence-electron chi connectivity index (χ0n) is 12.0. The van der Waals surface area contributed by atoms with Gasteiger partial charge >= 0.3 is 5.92 Å². The maximum Gasteiger partial charge on any atom is 0.317 e. The smallest absolute Gasteiger partial charge is 0.317 e. The molecular weight excluding hydrogens is 305 g/mol. The number of nitro benzene ring substituents is 1. The molecule has 1 aromatic rings. The molecule has 0 unspecified atom stereocenters. The van der Waals surface area contributed by atoms with Gasteiger partial charge in [-0.1, -0.05) is 0 Å². The molecule has 9 heteroatoms. The van der Waals surface area contributed by atoms with Gasteiger partial charge in [0, 0.05) is 33.3 Å². The molecule has 1 aliphatic rings. The predicted octanol–water partition coefficient (Wildman–Crippen LogP) is 2.57. The first-order valence-electron chi connectivity index (χ1n) is 6.43. The molecule has 0 spiro atoms. The van der Waals surface area contributed by atoms with Crippen molar-refractivity contribution in [2.24, 2.45) is 0 Å². The summed E-state index contributed by atoms with van der Waals surface area (Å²) in [5, 5.41) is 10.6. The van der Waals surface area contributed by atoms with Crippen molar-refractivity contribution in [3.8, 4) is 0 Å². The van der Waals surface area contributed by atoms with Crippen molar-refractivity contribution in [1.82, 2.24) is 0 Å². The lowest BCUT2D eigenvalue weighted by atomic mass is 9.98. The van der Waals surface area contributed by atoms with Gasteiger partial charge in [-0.2, -0.15) is 8.78 Å². The van der Waals surface area contributed by atoms with Crippen molar-refractivity contribution in [2.75, 3.05) is 32.2 Å². The normalized spacial score (nSPS) is 20.0. The molecule has 0 amide bonds. The SMILES string of the molecule is COC1(OC)CCN(c2ccc([N+](=O)[O-])cc2F)CC1(F)F. The monoisotopic (exact) mass is 320 g/mol. The van der Waals surface area contributed by atoms with Crippen LogP contribution in [0, 0.1) is 15.9 Å². The lowest BCUT2D eigenvalue weighted by Crippen LogP contribution is -2.62. The number of anilines is 1. The lowest BCUT2D eigenvalue weighted by molar-refractivity contribution is -0.385. The Bertz CT molecular complexity index is 578. The maximum atomic E-state index is 14.3. The molecule has 1 aliphatic heterocycles. The van der Waals surface area contributed by atoms with Gasteiger partial charge in [-0.25, -0.2) is 4.39 Å². The molecule has 1 heterocycles. The number of hydrogen-bond donors (Lipinski definition) is 0. The van der Waals surface area contributed by atoms with Crippen molar-refractivity contribution in [1.29, 1.82) is 0 Å². The second-order valence-electron chi connectivity index (χ2n) is 4.93. The Morgan fingerprint density at radius 1 is 1.32 bits per heavy atom. The highest BCUT2D eigenvalue weighted by Gasteiger charge is 2.58. The summed E-state index contributed by atoms with van der Waals surface area (Å²) in [6.07, 6.45) is -0.177. The fourth-order valence-corrected chi connectivity index (χ4v) is 2.56. The number of nitro groups is 1. The summed E-state index contributed by atoms with van der Waals surface area (Å²) in [5.41, 5.74) is -0.556. The molecular formula is C13H15F3N2O4. The van der Waals surface area contributed by atoms with E-state index in [0.29, 0.717) is 6.07 Å². The summed E-state index contributed by atoms with van der Waals surface area (Å²) in [6, 6.07) is 2.91. The number of hydrogen-bond acceptors (Lipinski definition) is 5. The number of rotatable bonds is 4. The van der Waals surface area contributed by atoms with Crippen LogP contribution in [0.4, 0.5) is 24.5 Å². The topological polar surface area (TPSA) is 64.8 Å². The van der Waals surface area contributed by atoms with E-state index in [9.17, 15) is 23.3 Å². The van der Waals surface area contributed by atoms with Crippen LogP contribution in [-0.4, -0.2) is 43.9 Å². The third kappa shape index (κ3) is 2.61. The number of non-ortho nitro benzene ring substituents is 1. The Morgan fingerprint density at radius 2 is 1.95 bits per heavy atom. The summed E-state index contributed by atoms with van der Waals surface area (Å²) in [7, 11) is 2.25. The first-order valence-corrected chi connectivity index (χ1v) is 6.43. The highest BCUT2D eigenvalue weighted by molar-refractivity contribution is 5.53. The number of alkyl halides is 2. The third-order valence-electron chi connectivity index (χ3n) is 3.80. The Kier molecular flexibility index (Phi) is 4.30. The molecule has 122 valence electrons. The zero-order chi connectivity index (χ0) is 16.5. The summed E-state index contributed by atoms with van der Waals surface area (Å²) >= 11 is 0. The molecule has 0 bridgehead atoms. The van der Waals surface area contributed by atoms with Crippen LogP contribution in [0.5, 0.6) is 0 Å². The second-order valence-corrected chi connectivity index (χ2v) is 4.93. The standard InChI is InChI=1S/C13H15F3N2O4/c1-21-13(22-2)5-6-17(8-12(13,15)16)11-4-3-9(18(19)20)7-10(11)14/h3-4,7H,5-6,8H2,1-2H3. The number of halogens is 3. The number of nitrogens with zero attached hydrogens (tertiary/aromatic N) is 2. The first-order chi connectivity index (χ1) is 10.3. The van der Waals surface area contributed by atoms with Crippen LogP contribution in [0.3, 0.4) is 0 Å². The molecule has 6 nitrogen and oxygen atoms in total. The quantitative estimate of drug-likeness (QED) is 0.485. The Hall–Kier alpha value is -1.87. The molecule has 0 aromatic heterocycles. The highest BCUT2D eigenvalue weighted by Crippen LogP contribution is 2.41. The van der Waals surface area contributed by atoms with Crippen molar-refractivity contribution in [2.45, 2.75) is 18.1 Å². The summed E-state index contributed by atoms with van der Waals surface area (Å²) in [6.45, 7) is -0.755. The summed E-state index contributed by atoms with van der Waals surface area (Å²) < 4.78 is 52.2. The van der Waals surface area contributed by atoms with Gasteiger partial charge < -0.3 is 14.4 Å². The highest BCUT2D eigenvalue weighted by atomic mass is 19.3. The summed E-state index contributed by atoms with van der Waals surface area (Å²) in [5.74, 6) is -6.35. The van der Waals surface area contributed by atoms with Crippen molar-refractivity contribution >= 4 is 11.4 Å². The van der Waals surface area contributed by atoms with E-state index in [-0.39, 0.29) is 18.7 Å². The van der Waals surface area contributed by atoms with Gasteiger partial charge in [-0.05, 0) is 6.07 Å². The zero-order valence-corrected chi connectivity index (χ0v) is 12.0. The van der Waals surface area contributed by atoms with Gasteiger partial charge in [0.15, 0.2) is 5.82 Å². The van der Waals surface area contributed by atoms with E-state index in [4.69, 9.17) is 9.47 Å². The van der Waals surface area contributed by atoms with Gasteiger partial charge in [-0.15, -0.1) is 0 Å². The van der Waals surface area contributed by atoms with Crippen molar-refractivity contribution in [3.05, 3.63) is 34.1 Å². The van der Waals surface area contributed by atoms with Crippen LogP contribution in [0.15, 0.2) is 18.2 Å². The van der Waals surface area contributed by atoms with Crippen LogP contribution in [0.25, 0.3) is 0 Å². The fraction of sp³-hybridized carbons (Fsp3) is 0.538. The fourth-order valence-electron chi connectivity index (χ4n) is 2.56. The summed E-state index contributed by atoms with van der Waals surface area (Å²) in [4.78, 5) is 10.9. The maximum absolute atomic E-state index is 14.3. The minimum absolute atomic E-state index is 0.0615. The van der Waals surface area contributed by atoms with E-state index in [0.717, 1.165) is 31.3 Å². The van der Waals surface area contributed by atoms with Gasteiger partial charge in [0.25, 0.3) is 5.69 Å². The van der Waals surface area contributed by atoms with E-state index in [1.54, 1.807) is 0 Å². The molecule has 0 atom stereocenters. The molecule has 0 aliphatic carbocycles. The molecule has 2 rings (SSSR count). The van der Waals surface area contributed by atoms with Crippen LogP contribution < -0.4 is 4.90 Å². The van der Waals surface area contributed by atoms with Crippen molar-refractivity contribution < 1.29 is 27.6 Å². The van der Waals surface area contributed by atoms with Gasteiger partial charge in [0.2, 0.25) is 5.79 Å². The molecule has 1 aromatic carbocycles. The largest absolute Gasteiger partial charge is 0.363 e. The van der Waals surface area contributed by atoms with Crippen LogP contribution >= 0.6 is 0 Å². The average molecular weight is 320 g/mol. The molecule has 0 N–H and O–H groups in total. The van der Waals surface area contributed by atoms with E-state index >= 15 is 0 Å². The van der Waals surface area contributed by atoms with Crippen LogP contribution in [0.1, 0.15) is 6.42 Å². The van der Waals surface area contributed by atoms with Gasteiger partial charge in [0.1, 0.15) is 0 Å². The second kappa shape index (κ2) is 5.73. The van der Waals surface area contributed by atoms with Crippen LogP contribution in [-0.2, 0) is 9.47 Å². The number of benzene rings is 1. The van der Waals surface area contributed by atoms with E-state index in [1.165, 1.54) is 0 Å². The Balaban J connectivity index is 2.28. The number of piperidine rings is 1. The Morgan fingerprint density at radius 3 is 2.41 bits per heavy atom. The molecule has 1 saturated heterocycles. The number of methoxy groups -OCH3 is 2. The van der Waals surface area contributed by atoms with E-state index in [1.807, 2.05) is 0 Å². The third-order valence-corrected chi connectivity index (χ3v) is 3.80. The molecule has 1 fully saturated rings.